The van der Waals surface area contributed by atoms with Crippen LogP contribution < -0.4 is 0 Å². The van der Waals surface area contributed by atoms with E-state index in [9.17, 15) is 14.4 Å². The minimum absolute atomic E-state index is 0.204. The fourth-order valence-corrected chi connectivity index (χ4v) is 5.88. The third kappa shape index (κ3) is 13.8. The minimum atomic E-state index is -0.770. The summed E-state index contributed by atoms with van der Waals surface area (Å²) in [7, 11) is 0. The average molecular weight is 653 g/mol. The van der Waals surface area contributed by atoms with Gasteiger partial charge in [-0.1, -0.05) is 30.3 Å². The first kappa shape index (κ1) is 36.9. The van der Waals surface area contributed by atoms with Crippen LogP contribution in [-0.2, 0) is 30.3 Å². The summed E-state index contributed by atoms with van der Waals surface area (Å²) >= 11 is 4.97. The van der Waals surface area contributed by atoms with Gasteiger partial charge in [-0.2, -0.15) is 0 Å². The molecule has 4 saturated heterocycles. The highest BCUT2D eigenvalue weighted by Crippen LogP contribution is 2.30. The molecule has 4 atom stereocenters. The van der Waals surface area contributed by atoms with E-state index in [2.05, 4.69) is 4.74 Å². The molecule has 2 amide bonds. The SMILES string of the molecule is CC(C)(C)OC(=O)N1CC[C@@H]2CCCO[C@H]2C1.CC(C)(C)OC(=O)N1CC[C@@H]2CCCO[C@H]2C1.O=C(Cl)OCc1ccccc1. The molecule has 0 unspecified atom stereocenters. The summed E-state index contributed by atoms with van der Waals surface area (Å²) in [6.45, 7) is 16.3. The van der Waals surface area contributed by atoms with Gasteiger partial charge in [-0.25, -0.2) is 14.4 Å². The first-order valence-corrected chi connectivity index (χ1v) is 16.6. The zero-order valence-corrected chi connectivity index (χ0v) is 28.7. The zero-order chi connectivity index (χ0) is 33.0. The molecule has 0 N–H and O–H groups in total. The second kappa shape index (κ2) is 17.4. The molecule has 11 heteroatoms. The van der Waals surface area contributed by atoms with E-state index in [4.69, 9.17) is 30.5 Å². The molecule has 4 heterocycles. The Balaban J connectivity index is 0.000000189. The molecule has 45 heavy (non-hydrogen) atoms. The second-order valence-electron chi connectivity index (χ2n) is 14.1. The van der Waals surface area contributed by atoms with E-state index in [1.807, 2.05) is 71.9 Å². The number of piperidine rings is 2. The molecule has 254 valence electrons. The van der Waals surface area contributed by atoms with Crippen LogP contribution in [0.15, 0.2) is 30.3 Å². The number of ether oxygens (including phenoxy) is 5. The summed E-state index contributed by atoms with van der Waals surface area (Å²) in [6.07, 6.45) is 6.94. The number of hydrogen-bond donors (Lipinski definition) is 0. The monoisotopic (exact) mass is 652 g/mol. The summed E-state index contributed by atoms with van der Waals surface area (Å²) < 4.78 is 26.8. The van der Waals surface area contributed by atoms with Gasteiger partial charge in [-0.15, -0.1) is 0 Å². The number of hydrogen-bond acceptors (Lipinski definition) is 8. The van der Waals surface area contributed by atoms with Crippen LogP contribution in [0.5, 0.6) is 0 Å². The first-order chi connectivity index (χ1) is 21.2. The van der Waals surface area contributed by atoms with Crippen molar-refractivity contribution in [2.75, 3.05) is 39.4 Å². The molecule has 0 spiro atoms. The molecule has 4 fully saturated rings. The molecule has 0 aromatic heterocycles. The number of benzene rings is 1. The average Bonchev–Trinajstić information content (AvgIpc) is 2.99. The van der Waals surface area contributed by atoms with Gasteiger partial charge in [0, 0.05) is 37.9 Å². The highest BCUT2D eigenvalue weighted by Gasteiger charge is 2.36. The van der Waals surface area contributed by atoms with Crippen LogP contribution in [0, 0.1) is 11.8 Å². The van der Waals surface area contributed by atoms with Crippen LogP contribution in [0.3, 0.4) is 0 Å². The van der Waals surface area contributed by atoms with Crippen LogP contribution in [0.2, 0.25) is 0 Å². The van der Waals surface area contributed by atoms with Gasteiger partial charge in [0.2, 0.25) is 0 Å². The molecule has 1 aromatic rings. The number of likely N-dealkylation sites (tertiary alicyclic amines) is 2. The molecular weight excluding hydrogens is 600 g/mol. The van der Waals surface area contributed by atoms with Crippen molar-refractivity contribution < 1.29 is 38.1 Å². The van der Waals surface area contributed by atoms with E-state index >= 15 is 0 Å². The summed E-state index contributed by atoms with van der Waals surface area (Å²) in [5, 5.41) is 0. The van der Waals surface area contributed by atoms with E-state index in [-0.39, 0.29) is 31.0 Å². The highest BCUT2D eigenvalue weighted by molar-refractivity contribution is 6.61. The molecule has 0 radical (unpaired) electrons. The van der Waals surface area contributed by atoms with E-state index < -0.39 is 16.6 Å². The molecule has 0 saturated carbocycles. The normalized spacial score (nSPS) is 24.7. The highest BCUT2D eigenvalue weighted by atomic mass is 35.5. The van der Waals surface area contributed by atoms with Crippen molar-refractivity contribution in [1.82, 2.24) is 9.80 Å². The van der Waals surface area contributed by atoms with E-state index in [1.165, 1.54) is 12.8 Å². The lowest BCUT2D eigenvalue weighted by atomic mass is 9.88. The largest absolute Gasteiger partial charge is 0.449 e. The lowest BCUT2D eigenvalue weighted by molar-refractivity contribution is -0.0720. The summed E-state index contributed by atoms with van der Waals surface area (Å²) in [5.74, 6) is 1.28. The Morgan fingerprint density at radius 2 is 1.20 bits per heavy atom. The van der Waals surface area contributed by atoms with Crippen LogP contribution in [0.25, 0.3) is 0 Å². The Labute approximate surface area is 274 Å². The maximum atomic E-state index is 11.9. The minimum Gasteiger partial charge on any atom is -0.449 e. The molecule has 5 rings (SSSR count). The number of carbonyl (C=O) groups is 3. The topological polar surface area (TPSA) is 104 Å². The lowest BCUT2D eigenvalue weighted by Crippen LogP contribution is -2.50. The van der Waals surface area contributed by atoms with E-state index in [0.717, 1.165) is 57.6 Å². The van der Waals surface area contributed by atoms with Gasteiger partial charge in [-0.3, -0.25) is 0 Å². The number of nitrogens with zero attached hydrogens (tertiary/aromatic N) is 2. The van der Waals surface area contributed by atoms with Crippen molar-refractivity contribution in [3.63, 3.8) is 0 Å². The van der Waals surface area contributed by atoms with Crippen molar-refractivity contribution in [1.29, 1.82) is 0 Å². The second-order valence-corrected chi connectivity index (χ2v) is 14.4. The summed E-state index contributed by atoms with van der Waals surface area (Å²) in [4.78, 5) is 37.6. The van der Waals surface area contributed by atoms with Crippen LogP contribution in [0.1, 0.15) is 85.6 Å². The molecule has 0 aliphatic carbocycles. The maximum Gasteiger partial charge on any atom is 0.410 e. The van der Waals surface area contributed by atoms with Gasteiger partial charge in [0.05, 0.1) is 25.3 Å². The number of rotatable bonds is 2. The quantitative estimate of drug-likeness (QED) is 0.240. The van der Waals surface area contributed by atoms with E-state index in [1.54, 1.807) is 9.80 Å². The third-order valence-corrected chi connectivity index (χ3v) is 8.10. The van der Waals surface area contributed by atoms with Crippen molar-refractivity contribution in [2.24, 2.45) is 11.8 Å². The van der Waals surface area contributed by atoms with Gasteiger partial charge < -0.3 is 33.5 Å². The molecule has 4 aliphatic heterocycles. The third-order valence-electron chi connectivity index (χ3n) is 7.99. The predicted molar refractivity (Wildman–Crippen MR) is 172 cm³/mol. The molecule has 4 aliphatic rings. The molecule has 0 bridgehead atoms. The smallest absolute Gasteiger partial charge is 0.410 e. The van der Waals surface area contributed by atoms with Crippen molar-refractivity contribution >= 4 is 29.2 Å². The van der Waals surface area contributed by atoms with Gasteiger partial charge in [0.15, 0.2) is 0 Å². The lowest BCUT2D eigenvalue weighted by Gasteiger charge is -2.41. The Hall–Kier alpha value is -2.56. The summed E-state index contributed by atoms with van der Waals surface area (Å²) in [5.41, 5.74) is -0.668. The van der Waals surface area contributed by atoms with Gasteiger partial charge >= 0.3 is 17.6 Å². The van der Waals surface area contributed by atoms with E-state index in [0.29, 0.717) is 24.9 Å². The molecule has 1 aromatic carbocycles. The summed E-state index contributed by atoms with van der Waals surface area (Å²) in [6, 6.07) is 9.36. The van der Waals surface area contributed by atoms with Gasteiger partial charge in [0.1, 0.15) is 17.8 Å². The predicted octanol–water partition coefficient (Wildman–Crippen LogP) is 7.41. The fraction of sp³-hybridized carbons (Fsp3) is 0.735. The standard InChI is InChI=1S/2C13H23NO3.C8H7ClO2/c2*1-13(2,3)17-12(15)14-7-6-10-5-4-8-16-11(10)9-14;9-8(10)11-6-7-4-2-1-3-5-7/h2*10-11H,4-9H2,1-3H3;1-5H,6H2/t2*10-,11-;/m00./s1. The Morgan fingerprint density at radius 1 is 0.756 bits per heavy atom. The Bertz CT molecular complexity index is 1020. The van der Waals surface area contributed by atoms with Crippen LogP contribution in [0.4, 0.5) is 14.4 Å². The van der Waals surface area contributed by atoms with Crippen molar-refractivity contribution in [3.05, 3.63) is 35.9 Å². The van der Waals surface area contributed by atoms with Gasteiger partial charge in [0.25, 0.3) is 0 Å². The Morgan fingerprint density at radius 3 is 1.60 bits per heavy atom. The van der Waals surface area contributed by atoms with Crippen molar-refractivity contribution in [2.45, 2.75) is 110 Å². The van der Waals surface area contributed by atoms with Crippen LogP contribution in [-0.4, -0.2) is 90.2 Å². The number of halogens is 1. The van der Waals surface area contributed by atoms with Crippen molar-refractivity contribution in [3.8, 4) is 0 Å². The van der Waals surface area contributed by atoms with Crippen LogP contribution >= 0.6 is 11.6 Å². The zero-order valence-electron chi connectivity index (χ0n) is 27.9. The Kier molecular flexibility index (Phi) is 14.3. The number of fused-ring (bicyclic) bond motifs is 2. The fourth-order valence-electron chi connectivity index (χ4n) is 5.83. The van der Waals surface area contributed by atoms with Gasteiger partial charge in [-0.05, 0) is 97.5 Å². The molecule has 10 nitrogen and oxygen atoms in total. The first-order valence-electron chi connectivity index (χ1n) is 16.3. The molecular formula is C34H53ClN2O8. The number of amides is 2. The number of carbonyl (C=O) groups excluding carboxylic acids is 3. The maximum absolute atomic E-state index is 11.9.